The van der Waals surface area contributed by atoms with Gasteiger partial charge in [-0.2, -0.15) is 8.78 Å². The van der Waals surface area contributed by atoms with Crippen LogP contribution in [0.1, 0.15) is 22.4 Å². The number of pyridine rings is 1. The lowest BCUT2D eigenvalue weighted by molar-refractivity contribution is -0.117. The summed E-state index contributed by atoms with van der Waals surface area (Å²) in [6.45, 7) is 0.523. The third kappa shape index (κ3) is 5.46. The standard InChI is InChI=1S/C27H23ClF4N4O/c1-15-16(6-11-24(33)35-15)13-36(23-10-8-21(28)19(26(23)30)12-25(34)37)14-27(31,32)20-7-9-22(29)18-5-3-2-4-17(18)20/h2-11H,12-14H2,1H3,(H2,33,35)(H2,34,37). The van der Waals surface area contributed by atoms with Crippen LogP contribution in [0, 0.1) is 18.6 Å². The van der Waals surface area contributed by atoms with Crippen LogP contribution in [0.2, 0.25) is 5.02 Å². The fraction of sp³-hybridized carbons (Fsp3) is 0.185. The molecule has 0 spiro atoms. The molecule has 0 aliphatic carbocycles. The number of aromatic nitrogens is 1. The van der Waals surface area contributed by atoms with Crippen LogP contribution < -0.4 is 16.4 Å². The van der Waals surface area contributed by atoms with Gasteiger partial charge >= 0.3 is 0 Å². The summed E-state index contributed by atoms with van der Waals surface area (Å²) in [4.78, 5) is 16.8. The van der Waals surface area contributed by atoms with Crippen LogP contribution in [0.25, 0.3) is 10.8 Å². The normalized spacial score (nSPS) is 11.6. The number of alkyl halides is 2. The average molecular weight is 531 g/mol. The summed E-state index contributed by atoms with van der Waals surface area (Å²) in [5, 5.41) is 0.0385. The van der Waals surface area contributed by atoms with Crippen LogP contribution in [-0.2, 0) is 23.7 Å². The first kappa shape index (κ1) is 26.2. The molecule has 4 aromatic rings. The van der Waals surface area contributed by atoms with E-state index in [1.807, 2.05) is 0 Å². The number of halogens is 5. The van der Waals surface area contributed by atoms with E-state index in [0.717, 1.165) is 17.0 Å². The smallest absolute Gasteiger partial charge is 0.290 e. The zero-order chi connectivity index (χ0) is 26.9. The molecular weight excluding hydrogens is 508 g/mol. The van der Waals surface area contributed by atoms with Crippen LogP contribution in [0.4, 0.5) is 29.1 Å². The number of aryl methyl sites for hydroxylation is 1. The molecule has 0 aliphatic heterocycles. The maximum Gasteiger partial charge on any atom is 0.290 e. The van der Waals surface area contributed by atoms with E-state index in [0.29, 0.717) is 11.3 Å². The van der Waals surface area contributed by atoms with Gasteiger partial charge in [0.1, 0.15) is 11.6 Å². The molecule has 1 heterocycles. The Morgan fingerprint density at radius 1 is 1.03 bits per heavy atom. The van der Waals surface area contributed by atoms with Crippen molar-refractivity contribution >= 4 is 39.8 Å². The average Bonchev–Trinajstić information content (AvgIpc) is 2.83. The highest BCUT2D eigenvalue weighted by atomic mass is 35.5. The third-order valence-corrected chi connectivity index (χ3v) is 6.44. The molecule has 0 fully saturated rings. The second kappa shape index (κ2) is 10.3. The zero-order valence-corrected chi connectivity index (χ0v) is 20.5. The predicted molar refractivity (Wildman–Crippen MR) is 137 cm³/mol. The summed E-state index contributed by atoms with van der Waals surface area (Å²) in [7, 11) is 0. The first-order chi connectivity index (χ1) is 17.5. The molecule has 1 aromatic heterocycles. The highest BCUT2D eigenvalue weighted by Gasteiger charge is 2.37. The number of nitrogen functional groups attached to an aromatic ring is 1. The van der Waals surface area contributed by atoms with Gasteiger partial charge in [-0.05, 0) is 48.2 Å². The van der Waals surface area contributed by atoms with Crippen LogP contribution >= 0.6 is 11.6 Å². The molecule has 0 aliphatic rings. The second-order valence-electron chi connectivity index (χ2n) is 8.68. The van der Waals surface area contributed by atoms with E-state index < -0.39 is 42.0 Å². The molecule has 5 nitrogen and oxygen atoms in total. The molecule has 192 valence electrons. The Morgan fingerprint density at radius 2 is 1.73 bits per heavy atom. The van der Waals surface area contributed by atoms with Crippen molar-refractivity contribution in [3.63, 3.8) is 0 Å². The van der Waals surface area contributed by atoms with Crippen LogP contribution in [0.5, 0.6) is 0 Å². The van der Waals surface area contributed by atoms with Gasteiger partial charge in [-0.25, -0.2) is 13.8 Å². The van der Waals surface area contributed by atoms with Gasteiger partial charge < -0.3 is 16.4 Å². The van der Waals surface area contributed by atoms with Gasteiger partial charge in [0.15, 0.2) is 5.82 Å². The zero-order valence-electron chi connectivity index (χ0n) is 19.7. The Bertz CT molecular complexity index is 1500. The van der Waals surface area contributed by atoms with Gasteiger partial charge in [-0.15, -0.1) is 0 Å². The van der Waals surface area contributed by atoms with Crippen molar-refractivity contribution in [2.75, 3.05) is 17.2 Å². The minimum Gasteiger partial charge on any atom is -0.384 e. The van der Waals surface area contributed by atoms with Gasteiger partial charge in [0, 0.05) is 33.8 Å². The number of amides is 1. The maximum absolute atomic E-state index is 15.9. The lowest BCUT2D eigenvalue weighted by Crippen LogP contribution is -2.36. The number of hydrogen-bond acceptors (Lipinski definition) is 4. The van der Waals surface area contributed by atoms with E-state index in [1.54, 1.807) is 19.1 Å². The number of primary amides is 1. The molecule has 0 saturated heterocycles. The van der Waals surface area contributed by atoms with Crippen LogP contribution in [-0.4, -0.2) is 17.4 Å². The van der Waals surface area contributed by atoms with Gasteiger partial charge in [0.25, 0.3) is 5.92 Å². The van der Waals surface area contributed by atoms with Gasteiger partial charge in [-0.3, -0.25) is 4.79 Å². The first-order valence-corrected chi connectivity index (χ1v) is 11.6. The molecule has 0 bridgehead atoms. The SMILES string of the molecule is Cc1nc(N)ccc1CN(CC(F)(F)c1ccc(F)c2ccccc12)c1ccc(Cl)c(CC(N)=O)c1F. The number of rotatable bonds is 8. The van der Waals surface area contributed by atoms with Gasteiger partial charge in [0.2, 0.25) is 5.91 Å². The highest BCUT2D eigenvalue weighted by molar-refractivity contribution is 6.31. The summed E-state index contributed by atoms with van der Waals surface area (Å²) in [5.41, 5.74) is 11.2. The second-order valence-corrected chi connectivity index (χ2v) is 9.09. The van der Waals surface area contributed by atoms with E-state index in [4.69, 9.17) is 23.1 Å². The molecule has 1 amide bonds. The van der Waals surface area contributed by atoms with Crippen molar-refractivity contribution in [3.8, 4) is 0 Å². The van der Waals surface area contributed by atoms with Crippen LogP contribution in [0.15, 0.2) is 60.7 Å². The number of hydrogen-bond donors (Lipinski definition) is 2. The van der Waals surface area contributed by atoms with Gasteiger partial charge in [-0.1, -0.05) is 41.9 Å². The Labute approximate surface area is 215 Å². The Hall–Kier alpha value is -3.85. The number of nitrogens with two attached hydrogens (primary N) is 2. The van der Waals surface area contributed by atoms with Crippen molar-refractivity contribution in [2.45, 2.75) is 25.8 Å². The number of carbonyl (C=O) groups excluding carboxylic acids is 1. The fourth-order valence-electron chi connectivity index (χ4n) is 4.28. The lowest BCUT2D eigenvalue weighted by atomic mass is 9.98. The minimum atomic E-state index is -3.54. The summed E-state index contributed by atoms with van der Waals surface area (Å²) >= 11 is 6.09. The van der Waals surface area contributed by atoms with E-state index in [1.165, 1.54) is 36.4 Å². The highest BCUT2D eigenvalue weighted by Crippen LogP contribution is 2.38. The summed E-state index contributed by atoms with van der Waals surface area (Å²) in [5.74, 6) is -5.69. The predicted octanol–water partition coefficient (Wildman–Crippen LogP) is 5.88. The molecule has 0 radical (unpaired) electrons. The molecule has 10 heteroatoms. The van der Waals surface area contributed by atoms with Crippen molar-refractivity contribution in [3.05, 3.63) is 99.7 Å². The fourth-order valence-corrected chi connectivity index (χ4v) is 4.49. The van der Waals surface area contributed by atoms with E-state index in [9.17, 15) is 9.18 Å². The van der Waals surface area contributed by atoms with Crippen molar-refractivity contribution in [2.24, 2.45) is 5.73 Å². The monoisotopic (exact) mass is 530 g/mol. The molecule has 0 atom stereocenters. The molecule has 0 unspecified atom stereocenters. The Balaban J connectivity index is 1.83. The molecular formula is C27H23ClF4N4O. The van der Waals surface area contributed by atoms with Crippen molar-refractivity contribution in [1.82, 2.24) is 4.98 Å². The minimum absolute atomic E-state index is 0.0452. The van der Waals surface area contributed by atoms with E-state index in [-0.39, 0.29) is 39.4 Å². The topological polar surface area (TPSA) is 85.2 Å². The summed E-state index contributed by atoms with van der Waals surface area (Å²) in [6, 6.07) is 13.7. The van der Waals surface area contributed by atoms with E-state index in [2.05, 4.69) is 4.98 Å². The van der Waals surface area contributed by atoms with Crippen molar-refractivity contribution in [1.29, 1.82) is 0 Å². The molecule has 3 aromatic carbocycles. The van der Waals surface area contributed by atoms with Crippen molar-refractivity contribution < 1.29 is 22.4 Å². The quantitative estimate of drug-likeness (QED) is 0.278. The van der Waals surface area contributed by atoms with Gasteiger partial charge in [0.05, 0.1) is 18.7 Å². The molecule has 37 heavy (non-hydrogen) atoms. The number of nitrogens with zero attached hydrogens (tertiary/aromatic N) is 2. The first-order valence-electron chi connectivity index (χ1n) is 11.3. The number of fused-ring (bicyclic) bond motifs is 1. The number of anilines is 2. The molecule has 4 N–H and O–H groups in total. The maximum atomic E-state index is 15.9. The Kier molecular flexibility index (Phi) is 7.27. The summed E-state index contributed by atoms with van der Waals surface area (Å²) < 4.78 is 61.8. The van der Waals surface area contributed by atoms with E-state index >= 15 is 13.2 Å². The molecule has 0 saturated carbocycles. The molecule has 4 rings (SSSR count). The third-order valence-electron chi connectivity index (χ3n) is 6.09. The Morgan fingerprint density at radius 3 is 2.41 bits per heavy atom. The lowest BCUT2D eigenvalue weighted by Gasteiger charge is -2.31. The summed E-state index contributed by atoms with van der Waals surface area (Å²) in [6.07, 6.45) is -0.506. The largest absolute Gasteiger partial charge is 0.384 e. The number of carbonyl (C=O) groups is 1. The van der Waals surface area contributed by atoms with Crippen LogP contribution in [0.3, 0.4) is 0 Å². The number of benzene rings is 3.